The van der Waals surface area contributed by atoms with Crippen LogP contribution in [0.15, 0.2) is 23.2 Å². The molecule has 3 N–H and O–H groups in total. The van der Waals surface area contributed by atoms with Gasteiger partial charge in [-0.1, -0.05) is 0 Å². The Morgan fingerprint density at radius 3 is 2.86 bits per heavy atom. The molecule has 2 aliphatic heterocycles. The van der Waals surface area contributed by atoms with E-state index in [2.05, 4.69) is 20.9 Å². The fourth-order valence-corrected chi connectivity index (χ4v) is 3.29. The molecule has 2 heterocycles. The summed E-state index contributed by atoms with van der Waals surface area (Å²) >= 11 is 0. The second-order valence-electron chi connectivity index (χ2n) is 6.64. The average molecular weight is 394 g/mol. The smallest absolute Gasteiger partial charge is 0.324 e. The highest BCUT2D eigenvalue weighted by Gasteiger charge is 2.28. The summed E-state index contributed by atoms with van der Waals surface area (Å²) in [5, 5.41) is 8.88. The van der Waals surface area contributed by atoms with Crippen LogP contribution in [0.25, 0.3) is 0 Å². The SMILES string of the molecule is CCNC(=NCCN1C(=O)CNC1=O)NC1CCN(c2ccc(F)cc2F)C1. The number of imide groups is 1. The Morgan fingerprint density at radius 1 is 1.36 bits per heavy atom. The minimum Gasteiger partial charge on any atom is -0.367 e. The second kappa shape index (κ2) is 8.85. The number of carbonyl (C=O) groups excluding carboxylic acids is 2. The molecule has 0 saturated carbocycles. The Bertz CT molecular complexity index is 756. The van der Waals surface area contributed by atoms with Gasteiger partial charge in [0.25, 0.3) is 0 Å². The molecule has 2 aliphatic rings. The zero-order valence-corrected chi connectivity index (χ0v) is 15.7. The first-order valence-corrected chi connectivity index (χ1v) is 9.31. The van der Waals surface area contributed by atoms with Gasteiger partial charge in [-0.25, -0.2) is 13.6 Å². The van der Waals surface area contributed by atoms with Crippen molar-refractivity contribution in [3.63, 3.8) is 0 Å². The molecule has 152 valence electrons. The number of urea groups is 1. The lowest BCUT2D eigenvalue weighted by Crippen LogP contribution is -2.45. The van der Waals surface area contributed by atoms with Gasteiger partial charge in [-0.15, -0.1) is 0 Å². The predicted molar refractivity (Wildman–Crippen MR) is 101 cm³/mol. The van der Waals surface area contributed by atoms with E-state index in [1.54, 1.807) is 0 Å². The maximum absolute atomic E-state index is 14.0. The molecule has 1 atom stereocenters. The minimum absolute atomic E-state index is 0.0265. The van der Waals surface area contributed by atoms with Gasteiger partial charge in [0.05, 0.1) is 25.3 Å². The van der Waals surface area contributed by atoms with Crippen LogP contribution in [-0.4, -0.2) is 68.1 Å². The monoisotopic (exact) mass is 394 g/mol. The number of nitrogens with zero attached hydrogens (tertiary/aromatic N) is 3. The Labute approximate surface area is 162 Å². The predicted octanol–water partition coefficient (Wildman–Crippen LogP) is 0.650. The van der Waals surface area contributed by atoms with Crippen LogP contribution in [-0.2, 0) is 4.79 Å². The number of rotatable bonds is 6. The van der Waals surface area contributed by atoms with Gasteiger partial charge >= 0.3 is 6.03 Å². The lowest BCUT2D eigenvalue weighted by Gasteiger charge is -2.21. The molecule has 3 rings (SSSR count). The van der Waals surface area contributed by atoms with Crippen molar-refractivity contribution >= 4 is 23.6 Å². The van der Waals surface area contributed by atoms with Crippen LogP contribution in [0.5, 0.6) is 0 Å². The summed E-state index contributed by atoms with van der Waals surface area (Å²) in [7, 11) is 0. The van der Waals surface area contributed by atoms with Gasteiger partial charge in [0, 0.05) is 31.7 Å². The fraction of sp³-hybridized carbons (Fsp3) is 0.500. The molecule has 1 aromatic rings. The highest BCUT2D eigenvalue weighted by molar-refractivity contribution is 6.01. The van der Waals surface area contributed by atoms with E-state index in [1.807, 2.05) is 11.8 Å². The number of hydrogen-bond donors (Lipinski definition) is 3. The van der Waals surface area contributed by atoms with Crippen LogP contribution in [0, 0.1) is 11.6 Å². The number of halogens is 2. The van der Waals surface area contributed by atoms with Crippen molar-refractivity contribution in [3.05, 3.63) is 29.8 Å². The highest BCUT2D eigenvalue weighted by atomic mass is 19.1. The molecular weight excluding hydrogens is 370 g/mol. The van der Waals surface area contributed by atoms with Gasteiger partial charge in [-0.3, -0.25) is 14.7 Å². The molecule has 0 spiro atoms. The summed E-state index contributed by atoms with van der Waals surface area (Å²) in [6.07, 6.45) is 0.772. The minimum atomic E-state index is -0.596. The van der Waals surface area contributed by atoms with E-state index in [4.69, 9.17) is 0 Å². The number of benzene rings is 1. The topological polar surface area (TPSA) is 89.1 Å². The summed E-state index contributed by atoms with van der Waals surface area (Å²) in [4.78, 5) is 30.5. The Morgan fingerprint density at radius 2 is 2.18 bits per heavy atom. The third-order valence-electron chi connectivity index (χ3n) is 4.65. The van der Waals surface area contributed by atoms with Gasteiger partial charge in [0.1, 0.15) is 11.6 Å². The van der Waals surface area contributed by atoms with E-state index in [-0.39, 0.29) is 31.6 Å². The lowest BCUT2D eigenvalue weighted by atomic mass is 10.2. The molecule has 3 amide bonds. The Kier molecular flexibility index (Phi) is 6.27. The first-order chi connectivity index (χ1) is 13.5. The maximum atomic E-state index is 14.0. The van der Waals surface area contributed by atoms with Gasteiger partial charge in [-0.05, 0) is 25.5 Å². The van der Waals surface area contributed by atoms with E-state index in [0.29, 0.717) is 31.3 Å². The van der Waals surface area contributed by atoms with E-state index >= 15 is 0 Å². The number of aliphatic imine (C=N–C) groups is 1. The number of hydrogen-bond acceptors (Lipinski definition) is 4. The van der Waals surface area contributed by atoms with Crippen LogP contribution in [0.3, 0.4) is 0 Å². The number of guanidine groups is 1. The van der Waals surface area contributed by atoms with Crippen LogP contribution in [0.2, 0.25) is 0 Å². The van der Waals surface area contributed by atoms with E-state index in [9.17, 15) is 18.4 Å². The fourth-order valence-electron chi connectivity index (χ4n) is 3.29. The Balaban J connectivity index is 1.55. The van der Waals surface area contributed by atoms with Gasteiger partial charge < -0.3 is 20.9 Å². The van der Waals surface area contributed by atoms with Crippen molar-refractivity contribution in [2.45, 2.75) is 19.4 Å². The van der Waals surface area contributed by atoms with E-state index in [0.717, 1.165) is 17.4 Å². The van der Waals surface area contributed by atoms with Crippen molar-refractivity contribution in [1.29, 1.82) is 0 Å². The molecule has 2 fully saturated rings. The summed E-state index contributed by atoms with van der Waals surface area (Å²) in [5.74, 6) is -0.858. The van der Waals surface area contributed by atoms with Crippen LogP contribution >= 0.6 is 0 Å². The molecule has 0 bridgehead atoms. The summed E-state index contributed by atoms with van der Waals surface area (Å²) in [6, 6.07) is 3.23. The number of carbonyl (C=O) groups is 2. The molecule has 0 aromatic heterocycles. The summed E-state index contributed by atoms with van der Waals surface area (Å²) < 4.78 is 27.1. The van der Waals surface area contributed by atoms with Gasteiger partial charge in [0.2, 0.25) is 5.91 Å². The highest BCUT2D eigenvalue weighted by Crippen LogP contribution is 2.24. The van der Waals surface area contributed by atoms with Crippen molar-refractivity contribution in [3.8, 4) is 0 Å². The average Bonchev–Trinajstić information content (AvgIpc) is 3.23. The van der Waals surface area contributed by atoms with Crippen molar-refractivity contribution in [1.82, 2.24) is 20.9 Å². The van der Waals surface area contributed by atoms with E-state index in [1.165, 1.54) is 12.1 Å². The second-order valence-corrected chi connectivity index (χ2v) is 6.64. The first-order valence-electron chi connectivity index (χ1n) is 9.31. The Hall–Kier alpha value is -2.91. The largest absolute Gasteiger partial charge is 0.367 e. The third kappa shape index (κ3) is 4.68. The maximum Gasteiger partial charge on any atom is 0.324 e. The molecule has 8 nitrogen and oxygen atoms in total. The van der Waals surface area contributed by atoms with E-state index < -0.39 is 17.7 Å². The first kappa shape index (κ1) is 19.8. The normalized spacial score (nSPS) is 20.0. The number of nitrogens with one attached hydrogen (secondary N) is 3. The van der Waals surface area contributed by atoms with Crippen LogP contribution < -0.4 is 20.9 Å². The molecule has 2 saturated heterocycles. The molecule has 1 unspecified atom stereocenters. The van der Waals surface area contributed by atoms with Crippen molar-refractivity contribution in [2.75, 3.05) is 44.2 Å². The van der Waals surface area contributed by atoms with Crippen molar-refractivity contribution in [2.24, 2.45) is 4.99 Å². The van der Waals surface area contributed by atoms with Crippen molar-refractivity contribution < 1.29 is 18.4 Å². The summed E-state index contributed by atoms with van der Waals surface area (Å²) in [6.45, 7) is 4.29. The molecule has 0 aliphatic carbocycles. The zero-order chi connectivity index (χ0) is 20.1. The molecule has 10 heteroatoms. The van der Waals surface area contributed by atoms with Crippen LogP contribution in [0.1, 0.15) is 13.3 Å². The molecule has 0 radical (unpaired) electrons. The number of anilines is 1. The molecule has 28 heavy (non-hydrogen) atoms. The molecular formula is C18H24F2N6O2. The third-order valence-corrected chi connectivity index (χ3v) is 4.65. The van der Waals surface area contributed by atoms with Gasteiger partial charge in [0.15, 0.2) is 5.96 Å². The quantitative estimate of drug-likeness (QED) is 0.375. The van der Waals surface area contributed by atoms with Crippen LogP contribution in [0.4, 0.5) is 19.3 Å². The lowest BCUT2D eigenvalue weighted by molar-refractivity contribution is -0.124. The standard InChI is InChI=1S/C18H24F2N6O2/c1-2-21-17(22-6-8-26-16(27)10-23-18(26)28)24-13-5-7-25(11-13)15-4-3-12(19)9-14(15)20/h3-4,9,13H,2,5-8,10-11H2,1H3,(H,23,28)(H2,21,22,24). The number of amides is 3. The summed E-state index contributed by atoms with van der Waals surface area (Å²) in [5.41, 5.74) is 0.381. The van der Waals surface area contributed by atoms with Gasteiger partial charge in [-0.2, -0.15) is 0 Å². The molecule has 1 aromatic carbocycles. The zero-order valence-electron chi connectivity index (χ0n) is 15.7.